The Hall–Kier alpha value is -2.69. The normalized spacial score (nSPS) is 11.0. The Balaban J connectivity index is 1.90. The number of halogens is 1. The Kier molecular flexibility index (Phi) is 5.91. The van der Waals surface area contributed by atoms with Crippen molar-refractivity contribution in [3.05, 3.63) is 71.0 Å². The van der Waals surface area contributed by atoms with Gasteiger partial charge in [-0.25, -0.2) is 4.39 Å². The molecule has 0 saturated carbocycles. The van der Waals surface area contributed by atoms with Crippen molar-refractivity contribution in [3.63, 3.8) is 0 Å². The molecule has 2 N–H and O–H groups in total. The van der Waals surface area contributed by atoms with Crippen LogP contribution in [-0.2, 0) is 6.42 Å². The van der Waals surface area contributed by atoms with Gasteiger partial charge in [-0.2, -0.15) is 0 Å². The van der Waals surface area contributed by atoms with Crippen LogP contribution >= 0.6 is 0 Å². The Morgan fingerprint density at radius 3 is 2.04 bits per heavy atom. The topological polar surface area (TPSA) is 58.2 Å². The highest BCUT2D eigenvalue weighted by atomic mass is 19.1. The number of carbonyl (C=O) groups is 2. The molecule has 2 aromatic rings. The summed E-state index contributed by atoms with van der Waals surface area (Å²) >= 11 is 0. The van der Waals surface area contributed by atoms with Crippen molar-refractivity contribution in [1.82, 2.24) is 10.6 Å². The first kappa shape index (κ1) is 18.6. The van der Waals surface area contributed by atoms with Crippen LogP contribution < -0.4 is 10.6 Å². The van der Waals surface area contributed by atoms with Gasteiger partial charge in [0.15, 0.2) is 0 Å². The van der Waals surface area contributed by atoms with Crippen LogP contribution in [0.4, 0.5) is 4.39 Å². The van der Waals surface area contributed by atoms with E-state index in [1.165, 1.54) is 6.07 Å². The monoisotopic (exact) mass is 342 g/mol. The molecule has 5 heteroatoms. The molecule has 0 aliphatic carbocycles. The quantitative estimate of drug-likeness (QED) is 0.876. The minimum absolute atomic E-state index is 0.181. The van der Waals surface area contributed by atoms with Gasteiger partial charge in [0.1, 0.15) is 5.82 Å². The van der Waals surface area contributed by atoms with Crippen LogP contribution in [0.5, 0.6) is 0 Å². The lowest BCUT2D eigenvalue weighted by Crippen LogP contribution is -2.40. The molecular weight excluding hydrogens is 319 g/mol. The summed E-state index contributed by atoms with van der Waals surface area (Å²) in [6, 6.07) is 12.9. The molecule has 0 atom stereocenters. The number of benzene rings is 2. The van der Waals surface area contributed by atoms with Crippen molar-refractivity contribution >= 4 is 11.8 Å². The molecule has 0 spiro atoms. The van der Waals surface area contributed by atoms with Crippen molar-refractivity contribution in [1.29, 1.82) is 0 Å². The van der Waals surface area contributed by atoms with Gasteiger partial charge in [-0.05, 0) is 63.1 Å². The third-order valence-electron chi connectivity index (χ3n) is 3.54. The molecule has 2 aromatic carbocycles. The Morgan fingerprint density at radius 1 is 0.920 bits per heavy atom. The molecule has 25 heavy (non-hydrogen) atoms. The molecule has 0 radical (unpaired) electrons. The van der Waals surface area contributed by atoms with Crippen molar-refractivity contribution in [2.45, 2.75) is 32.7 Å². The fourth-order valence-corrected chi connectivity index (χ4v) is 2.30. The number of hydrogen-bond acceptors (Lipinski definition) is 2. The van der Waals surface area contributed by atoms with E-state index in [9.17, 15) is 14.0 Å². The smallest absolute Gasteiger partial charge is 0.251 e. The van der Waals surface area contributed by atoms with Crippen molar-refractivity contribution < 1.29 is 14.0 Å². The predicted octanol–water partition coefficient (Wildman–Crippen LogP) is 3.33. The summed E-state index contributed by atoms with van der Waals surface area (Å²) in [7, 11) is 0. The van der Waals surface area contributed by atoms with E-state index in [-0.39, 0.29) is 23.2 Å². The van der Waals surface area contributed by atoms with Gasteiger partial charge in [-0.1, -0.05) is 18.2 Å². The number of rotatable bonds is 5. The average Bonchev–Trinajstić information content (AvgIpc) is 2.55. The number of nitrogens with one attached hydrogen (secondary N) is 2. The fraction of sp³-hybridized carbons (Fsp3) is 0.300. The summed E-state index contributed by atoms with van der Waals surface area (Å²) in [6.45, 7) is 6.05. The number of carbonyl (C=O) groups excluding carboxylic acids is 2. The van der Waals surface area contributed by atoms with Crippen LogP contribution in [0, 0.1) is 5.82 Å². The predicted molar refractivity (Wildman–Crippen MR) is 96.1 cm³/mol. The molecule has 4 nitrogen and oxygen atoms in total. The van der Waals surface area contributed by atoms with Gasteiger partial charge >= 0.3 is 0 Å². The third-order valence-corrected chi connectivity index (χ3v) is 3.54. The largest absolute Gasteiger partial charge is 0.352 e. The maximum Gasteiger partial charge on any atom is 0.251 e. The highest BCUT2D eigenvalue weighted by Gasteiger charge is 2.15. The zero-order valence-corrected chi connectivity index (χ0v) is 14.7. The van der Waals surface area contributed by atoms with Gasteiger partial charge in [-0.3, -0.25) is 9.59 Å². The van der Waals surface area contributed by atoms with Gasteiger partial charge in [0.05, 0.1) is 0 Å². The molecule has 0 unspecified atom stereocenters. The van der Waals surface area contributed by atoms with E-state index in [1.807, 2.05) is 20.8 Å². The van der Waals surface area contributed by atoms with E-state index < -0.39 is 0 Å². The maximum absolute atomic E-state index is 13.5. The highest BCUT2D eigenvalue weighted by Crippen LogP contribution is 2.09. The van der Waals surface area contributed by atoms with Crippen molar-refractivity contribution in [3.8, 4) is 0 Å². The van der Waals surface area contributed by atoms with Crippen LogP contribution in [0.3, 0.4) is 0 Å². The lowest BCUT2D eigenvalue weighted by molar-refractivity contribution is 0.0915. The van der Waals surface area contributed by atoms with Crippen molar-refractivity contribution in [2.75, 3.05) is 6.54 Å². The molecule has 2 rings (SSSR count). The SMILES string of the molecule is CC(C)(C)NC(=O)c1ccc(C(=O)NCCc2ccccc2F)cc1. The van der Waals surface area contributed by atoms with Gasteiger partial charge < -0.3 is 10.6 Å². The van der Waals surface area contributed by atoms with Crippen LogP contribution in [0.1, 0.15) is 47.1 Å². The molecule has 0 aromatic heterocycles. The fourth-order valence-electron chi connectivity index (χ4n) is 2.30. The van der Waals surface area contributed by atoms with Gasteiger partial charge in [0, 0.05) is 23.2 Å². The maximum atomic E-state index is 13.5. The highest BCUT2D eigenvalue weighted by molar-refractivity contribution is 5.98. The molecule has 0 saturated heterocycles. The Labute approximate surface area is 147 Å². The van der Waals surface area contributed by atoms with Crippen LogP contribution in [-0.4, -0.2) is 23.9 Å². The second kappa shape index (κ2) is 7.92. The first-order valence-electron chi connectivity index (χ1n) is 8.20. The Morgan fingerprint density at radius 2 is 1.48 bits per heavy atom. The first-order valence-corrected chi connectivity index (χ1v) is 8.20. The third kappa shape index (κ3) is 5.71. The lowest BCUT2D eigenvalue weighted by Gasteiger charge is -2.20. The zero-order chi connectivity index (χ0) is 18.4. The molecule has 0 heterocycles. The van der Waals surface area contributed by atoms with Gasteiger partial charge in [0.25, 0.3) is 11.8 Å². The summed E-state index contributed by atoms with van der Waals surface area (Å²) in [5, 5.41) is 5.62. The summed E-state index contributed by atoms with van der Waals surface area (Å²) < 4.78 is 13.5. The van der Waals surface area contributed by atoms with Crippen LogP contribution in [0.2, 0.25) is 0 Å². The molecular formula is C20H23FN2O2. The molecule has 0 fully saturated rings. The minimum Gasteiger partial charge on any atom is -0.352 e. The van der Waals surface area contributed by atoms with Crippen molar-refractivity contribution in [2.24, 2.45) is 0 Å². The molecule has 0 aliphatic rings. The summed E-state index contributed by atoms with van der Waals surface area (Å²) in [5.41, 5.74) is 1.20. The van der Waals surface area contributed by atoms with E-state index in [2.05, 4.69) is 10.6 Å². The van der Waals surface area contributed by atoms with Gasteiger partial charge in [0.2, 0.25) is 0 Å². The molecule has 2 amide bonds. The van der Waals surface area contributed by atoms with E-state index in [4.69, 9.17) is 0 Å². The van der Waals surface area contributed by atoms with E-state index in [1.54, 1.807) is 42.5 Å². The van der Waals surface area contributed by atoms with Gasteiger partial charge in [-0.15, -0.1) is 0 Å². The molecule has 0 aliphatic heterocycles. The zero-order valence-electron chi connectivity index (χ0n) is 14.7. The second-order valence-corrected chi connectivity index (χ2v) is 6.88. The lowest BCUT2D eigenvalue weighted by atomic mass is 10.1. The summed E-state index contributed by atoms with van der Waals surface area (Å²) in [5.74, 6) is -0.705. The summed E-state index contributed by atoms with van der Waals surface area (Å²) in [4.78, 5) is 24.2. The molecule has 132 valence electrons. The number of amides is 2. The Bertz CT molecular complexity index is 749. The van der Waals surface area contributed by atoms with E-state index in [0.29, 0.717) is 29.7 Å². The standard InChI is InChI=1S/C20H23FN2O2/c1-20(2,3)23-19(25)16-10-8-15(9-11-16)18(24)22-13-12-14-6-4-5-7-17(14)21/h4-11H,12-13H2,1-3H3,(H,22,24)(H,23,25). The van der Waals surface area contributed by atoms with E-state index in [0.717, 1.165) is 0 Å². The van der Waals surface area contributed by atoms with Crippen LogP contribution in [0.15, 0.2) is 48.5 Å². The molecule has 0 bridgehead atoms. The number of hydrogen-bond donors (Lipinski definition) is 2. The minimum atomic E-state index is -0.320. The first-order chi connectivity index (χ1) is 11.8. The van der Waals surface area contributed by atoms with E-state index >= 15 is 0 Å². The summed E-state index contributed by atoms with van der Waals surface area (Å²) in [6.07, 6.45) is 0.421. The second-order valence-electron chi connectivity index (χ2n) is 6.88. The van der Waals surface area contributed by atoms with Crippen LogP contribution in [0.25, 0.3) is 0 Å². The average molecular weight is 342 g/mol.